The van der Waals surface area contributed by atoms with Crippen LogP contribution in [-0.4, -0.2) is 40.1 Å². The van der Waals surface area contributed by atoms with Gasteiger partial charge in [-0.05, 0) is 61.6 Å². The van der Waals surface area contributed by atoms with E-state index in [1.54, 1.807) is 0 Å². The van der Waals surface area contributed by atoms with Gasteiger partial charge < -0.3 is 14.8 Å². The van der Waals surface area contributed by atoms with E-state index in [-0.39, 0.29) is 11.8 Å². The predicted octanol–water partition coefficient (Wildman–Crippen LogP) is 3.41. The van der Waals surface area contributed by atoms with E-state index in [9.17, 15) is 4.79 Å². The number of nitrogens with one attached hydrogen (secondary N) is 1. The number of rotatable bonds is 6. The number of anilines is 1. The van der Waals surface area contributed by atoms with Gasteiger partial charge in [-0.1, -0.05) is 18.2 Å². The van der Waals surface area contributed by atoms with Crippen molar-refractivity contribution in [2.45, 2.75) is 32.7 Å². The zero-order valence-corrected chi connectivity index (χ0v) is 17.5. The number of hydrogen-bond donors (Lipinski definition) is 1. The van der Waals surface area contributed by atoms with Gasteiger partial charge in [0.15, 0.2) is 0 Å². The van der Waals surface area contributed by atoms with Gasteiger partial charge in [0.1, 0.15) is 0 Å². The first kappa shape index (κ1) is 19.1. The van der Waals surface area contributed by atoms with Crippen molar-refractivity contribution in [1.82, 2.24) is 19.9 Å². The number of amides is 1. The predicted molar refractivity (Wildman–Crippen MR) is 118 cm³/mol. The van der Waals surface area contributed by atoms with Crippen LogP contribution in [0.1, 0.15) is 25.0 Å². The second kappa shape index (κ2) is 8.09. The first-order chi connectivity index (χ1) is 14.7. The van der Waals surface area contributed by atoms with Crippen LogP contribution in [0.5, 0.6) is 0 Å². The molecule has 6 nitrogen and oxygen atoms in total. The molecule has 2 aromatic heterocycles. The largest absolute Gasteiger partial charge is 0.356 e. The van der Waals surface area contributed by atoms with Crippen molar-refractivity contribution >= 4 is 22.8 Å². The summed E-state index contributed by atoms with van der Waals surface area (Å²) < 4.78 is 2.27. The number of para-hydroxylation sites is 1. The fourth-order valence-electron chi connectivity index (χ4n) is 5.08. The highest BCUT2D eigenvalue weighted by Gasteiger charge is 2.47. The lowest BCUT2D eigenvalue weighted by Crippen LogP contribution is -2.55. The summed E-state index contributed by atoms with van der Waals surface area (Å²) in [4.78, 5) is 24.0. The van der Waals surface area contributed by atoms with Crippen LogP contribution in [0.15, 0.2) is 48.8 Å². The van der Waals surface area contributed by atoms with E-state index in [1.165, 1.54) is 10.9 Å². The highest BCUT2D eigenvalue weighted by atomic mass is 16.1. The fourth-order valence-corrected chi connectivity index (χ4v) is 5.08. The van der Waals surface area contributed by atoms with Gasteiger partial charge in [0.2, 0.25) is 11.9 Å². The van der Waals surface area contributed by atoms with Gasteiger partial charge in [-0.3, -0.25) is 4.79 Å². The molecule has 156 valence electrons. The van der Waals surface area contributed by atoms with E-state index in [1.807, 2.05) is 19.2 Å². The quantitative estimate of drug-likeness (QED) is 0.641. The summed E-state index contributed by atoms with van der Waals surface area (Å²) in [5.74, 6) is 2.26. The Morgan fingerprint density at radius 1 is 1.23 bits per heavy atom. The van der Waals surface area contributed by atoms with Crippen molar-refractivity contribution < 1.29 is 4.79 Å². The van der Waals surface area contributed by atoms with Crippen molar-refractivity contribution in [2.75, 3.05) is 24.5 Å². The number of aryl methyl sites for hydroxylation is 2. The standard InChI is InChI=1S/C24H29N5O/c1-17-7-11-26-24(27-17)29-14-9-19-15-20(21(19)16-29)23(30)25-10-4-12-28-13-8-18-5-2-3-6-22(18)28/h2-3,5-8,11,13,19-21H,4,9-10,12,14-16H2,1H3,(H,25,30)/t19-,20-,21-/m1/s1. The number of hydrogen-bond acceptors (Lipinski definition) is 4. The molecule has 1 saturated carbocycles. The Morgan fingerprint density at radius 2 is 2.13 bits per heavy atom. The maximum Gasteiger partial charge on any atom is 0.225 e. The van der Waals surface area contributed by atoms with Crippen LogP contribution < -0.4 is 10.2 Å². The van der Waals surface area contributed by atoms with Gasteiger partial charge >= 0.3 is 0 Å². The molecule has 1 N–H and O–H groups in total. The van der Waals surface area contributed by atoms with Crippen LogP contribution in [-0.2, 0) is 11.3 Å². The Morgan fingerprint density at radius 3 is 3.03 bits per heavy atom. The maximum absolute atomic E-state index is 12.8. The molecule has 1 saturated heterocycles. The molecule has 3 atom stereocenters. The number of carbonyl (C=O) groups excluding carboxylic acids is 1. The monoisotopic (exact) mass is 403 g/mol. The van der Waals surface area contributed by atoms with Gasteiger partial charge in [-0.2, -0.15) is 0 Å². The number of carbonyl (C=O) groups is 1. The van der Waals surface area contributed by atoms with E-state index < -0.39 is 0 Å². The summed E-state index contributed by atoms with van der Waals surface area (Å²) in [5, 5.41) is 4.46. The lowest BCUT2D eigenvalue weighted by Gasteiger charge is -2.50. The third kappa shape index (κ3) is 3.66. The molecule has 0 unspecified atom stereocenters. The van der Waals surface area contributed by atoms with Crippen molar-refractivity contribution in [3.8, 4) is 0 Å². The molecule has 3 heterocycles. The van der Waals surface area contributed by atoms with Crippen molar-refractivity contribution in [2.24, 2.45) is 17.8 Å². The van der Waals surface area contributed by atoms with Crippen LogP contribution in [0.25, 0.3) is 10.9 Å². The number of fused-ring (bicyclic) bond motifs is 2. The molecule has 0 radical (unpaired) electrons. The average Bonchev–Trinajstić information content (AvgIpc) is 3.15. The number of piperidine rings is 1. The summed E-state index contributed by atoms with van der Waals surface area (Å²) in [5.41, 5.74) is 2.24. The van der Waals surface area contributed by atoms with Crippen LogP contribution in [0.2, 0.25) is 0 Å². The summed E-state index contributed by atoms with van der Waals surface area (Å²) in [6.45, 7) is 5.52. The lowest BCUT2D eigenvalue weighted by molar-refractivity contribution is -0.134. The van der Waals surface area contributed by atoms with Crippen molar-refractivity contribution in [3.05, 3.63) is 54.5 Å². The van der Waals surface area contributed by atoms with Crippen LogP contribution in [0, 0.1) is 24.7 Å². The molecule has 1 aliphatic carbocycles. The van der Waals surface area contributed by atoms with E-state index in [4.69, 9.17) is 0 Å². The molecular formula is C24H29N5O. The van der Waals surface area contributed by atoms with E-state index in [0.717, 1.165) is 57.1 Å². The molecular weight excluding hydrogens is 374 g/mol. The SMILES string of the molecule is Cc1ccnc(N2CC[C@@H]3C[C@@H](C(=O)NCCCn4ccc5ccccc54)[C@@H]3C2)n1. The first-order valence-electron chi connectivity index (χ1n) is 11.1. The second-order valence-electron chi connectivity index (χ2n) is 8.71. The second-order valence-corrected chi connectivity index (χ2v) is 8.71. The van der Waals surface area contributed by atoms with E-state index >= 15 is 0 Å². The van der Waals surface area contributed by atoms with Crippen LogP contribution >= 0.6 is 0 Å². The summed E-state index contributed by atoms with van der Waals surface area (Å²) in [6, 6.07) is 12.5. The topological polar surface area (TPSA) is 63.1 Å². The molecule has 1 aromatic carbocycles. The van der Waals surface area contributed by atoms with Crippen LogP contribution in [0.3, 0.4) is 0 Å². The van der Waals surface area contributed by atoms with E-state index in [0.29, 0.717) is 11.8 Å². The summed E-state index contributed by atoms with van der Waals surface area (Å²) in [7, 11) is 0. The van der Waals surface area contributed by atoms with Gasteiger partial charge in [-0.15, -0.1) is 0 Å². The number of benzene rings is 1. The molecule has 3 aromatic rings. The van der Waals surface area contributed by atoms with Gasteiger partial charge in [0.25, 0.3) is 0 Å². The zero-order valence-electron chi connectivity index (χ0n) is 17.5. The molecule has 1 aliphatic heterocycles. The minimum atomic E-state index is 0.134. The molecule has 1 amide bonds. The molecule has 0 bridgehead atoms. The fraction of sp³-hybridized carbons (Fsp3) is 0.458. The number of aromatic nitrogens is 3. The normalized spacial score (nSPS) is 23.1. The lowest BCUT2D eigenvalue weighted by atomic mass is 9.61. The third-order valence-electron chi connectivity index (χ3n) is 6.84. The van der Waals surface area contributed by atoms with Crippen molar-refractivity contribution in [3.63, 3.8) is 0 Å². The zero-order chi connectivity index (χ0) is 20.5. The highest BCUT2D eigenvalue weighted by Crippen LogP contribution is 2.46. The Bertz CT molecular complexity index is 1040. The van der Waals surface area contributed by atoms with Crippen LogP contribution in [0.4, 0.5) is 5.95 Å². The first-order valence-corrected chi connectivity index (χ1v) is 11.1. The average molecular weight is 404 g/mol. The highest BCUT2D eigenvalue weighted by molar-refractivity contribution is 5.80. The Kier molecular flexibility index (Phi) is 5.15. The van der Waals surface area contributed by atoms with Crippen molar-refractivity contribution in [1.29, 1.82) is 0 Å². The van der Waals surface area contributed by atoms with E-state index in [2.05, 4.69) is 61.3 Å². The Balaban J connectivity index is 1.12. The maximum atomic E-state index is 12.8. The van der Waals surface area contributed by atoms with Gasteiger partial charge in [0, 0.05) is 55.7 Å². The molecule has 5 rings (SSSR count). The molecule has 6 heteroatoms. The Labute approximate surface area is 177 Å². The number of nitrogens with zero attached hydrogens (tertiary/aromatic N) is 4. The molecule has 0 spiro atoms. The summed E-state index contributed by atoms with van der Waals surface area (Å²) >= 11 is 0. The molecule has 2 fully saturated rings. The summed E-state index contributed by atoms with van der Waals surface area (Å²) in [6.07, 6.45) is 7.05. The third-order valence-corrected chi connectivity index (χ3v) is 6.84. The van der Waals surface area contributed by atoms with Gasteiger partial charge in [-0.25, -0.2) is 9.97 Å². The molecule has 30 heavy (non-hydrogen) atoms. The minimum absolute atomic E-state index is 0.134. The smallest absolute Gasteiger partial charge is 0.225 e. The Hall–Kier alpha value is -2.89. The molecule has 2 aliphatic rings. The minimum Gasteiger partial charge on any atom is -0.356 e. The van der Waals surface area contributed by atoms with Gasteiger partial charge in [0.05, 0.1) is 0 Å².